The Morgan fingerprint density at radius 1 is 1.00 bits per heavy atom. The monoisotopic (exact) mass is 450 g/mol. The van der Waals surface area contributed by atoms with Gasteiger partial charge in [0, 0.05) is 42.8 Å². The van der Waals surface area contributed by atoms with E-state index in [0.29, 0.717) is 17.8 Å². The van der Waals surface area contributed by atoms with Crippen molar-refractivity contribution in [3.8, 4) is 11.3 Å². The molecule has 1 N–H and O–H groups in total. The average Bonchev–Trinajstić information content (AvgIpc) is 3.29. The number of carbonyl (C=O) groups excluding carboxylic acids is 2. The third-order valence-electron chi connectivity index (χ3n) is 5.40. The number of benzene rings is 2. The van der Waals surface area contributed by atoms with Crippen LogP contribution in [0.15, 0.2) is 60.0 Å². The molecule has 32 heavy (non-hydrogen) atoms. The van der Waals surface area contributed by atoms with E-state index in [1.165, 1.54) is 7.11 Å². The normalized spacial score (nSPS) is 14.8. The molecule has 1 aliphatic rings. The van der Waals surface area contributed by atoms with Gasteiger partial charge >= 0.3 is 5.97 Å². The maximum absolute atomic E-state index is 12.4. The SMILES string of the molecule is COC(=O)c1ccc(NC(=O)CN2CCN(Cc3nc(-c4ccccc4)cs3)CC2)cc1. The summed E-state index contributed by atoms with van der Waals surface area (Å²) in [6, 6.07) is 16.9. The highest BCUT2D eigenvalue weighted by molar-refractivity contribution is 7.09. The number of amides is 1. The van der Waals surface area contributed by atoms with Crippen molar-refractivity contribution in [2.24, 2.45) is 0 Å². The molecule has 0 radical (unpaired) electrons. The summed E-state index contributed by atoms with van der Waals surface area (Å²) in [5.41, 5.74) is 3.29. The average molecular weight is 451 g/mol. The number of piperazine rings is 1. The number of rotatable bonds is 7. The molecule has 8 heteroatoms. The highest BCUT2D eigenvalue weighted by Gasteiger charge is 2.20. The molecule has 1 aliphatic heterocycles. The molecule has 0 aliphatic carbocycles. The van der Waals surface area contributed by atoms with E-state index in [1.807, 2.05) is 18.2 Å². The Hall–Kier alpha value is -3.07. The first-order valence-electron chi connectivity index (χ1n) is 10.5. The fourth-order valence-corrected chi connectivity index (χ4v) is 4.48. The Bertz CT molecular complexity index is 1040. The molecule has 1 saturated heterocycles. The van der Waals surface area contributed by atoms with E-state index in [9.17, 15) is 9.59 Å². The lowest BCUT2D eigenvalue weighted by Crippen LogP contribution is -2.48. The molecule has 0 unspecified atom stereocenters. The molecule has 0 spiro atoms. The molecule has 2 aromatic carbocycles. The van der Waals surface area contributed by atoms with Gasteiger partial charge < -0.3 is 10.1 Å². The smallest absolute Gasteiger partial charge is 0.337 e. The molecular formula is C24H26N4O3S. The van der Waals surface area contributed by atoms with Crippen molar-refractivity contribution in [2.75, 3.05) is 45.2 Å². The highest BCUT2D eigenvalue weighted by Crippen LogP contribution is 2.22. The van der Waals surface area contributed by atoms with E-state index in [-0.39, 0.29) is 5.91 Å². The first-order valence-corrected chi connectivity index (χ1v) is 11.4. The van der Waals surface area contributed by atoms with E-state index in [1.54, 1.807) is 35.6 Å². The van der Waals surface area contributed by atoms with Gasteiger partial charge in [-0.1, -0.05) is 30.3 Å². The van der Waals surface area contributed by atoms with Crippen LogP contribution in [-0.2, 0) is 16.1 Å². The Morgan fingerprint density at radius 3 is 2.38 bits per heavy atom. The van der Waals surface area contributed by atoms with Crippen molar-refractivity contribution in [2.45, 2.75) is 6.54 Å². The Labute approximate surface area is 191 Å². The van der Waals surface area contributed by atoms with Gasteiger partial charge in [0.15, 0.2) is 0 Å². The number of carbonyl (C=O) groups is 2. The largest absolute Gasteiger partial charge is 0.465 e. The van der Waals surface area contributed by atoms with Gasteiger partial charge in [-0.2, -0.15) is 0 Å². The summed E-state index contributed by atoms with van der Waals surface area (Å²) in [6.07, 6.45) is 0. The number of thiazole rings is 1. The summed E-state index contributed by atoms with van der Waals surface area (Å²) in [5, 5.41) is 6.12. The standard InChI is InChI=1S/C24H26N4O3S/c1-31-24(30)19-7-9-20(10-8-19)25-22(29)15-27-11-13-28(14-12-27)16-23-26-21(17-32-23)18-5-3-2-4-6-18/h2-10,17H,11-16H2,1H3,(H,25,29). The van der Waals surface area contributed by atoms with Gasteiger partial charge in [-0.05, 0) is 24.3 Å². The zero-order chi connectivity index (χ0) is 22.3. The van der Waals surface area contributed by atoms with Crippen LogP contribution in [0.5, 0.6) is 0 Å². The first kappa shape index (κ1) is 22.1. The predicted octanol–water partition coefficient (Wildman–Crippen LogP) is 3.35. The maximum atomic E-state index is 12.4. The van der Waals surface area contributed by atoms with Crippen LogP contribution in [-0.4, -0.2) is 66.5 Å². The molecule has 3 aromatic rings. The maximum Gasteiger partial charge on any atom is 0.337 e. The number of ether oxygens (including phenoxy) is 1. The van der Waals surface area contributed by atoms with E-state index in [2.05, 4.69) is 37.4 Å². The van der Waals surface area contributed by atoms with Crippen molar-refractivity contribution >= 4 is 28.9 Å². The van der Waals surface area contributed by atoms with E-state index >= 15 is 0 Å². The van der Waals surface area contributed by atoms with E-state index < -0.39 is 5.97 Å². The van der Waals surface area contributed by atoms with Crippen molar-refractivity contribution in [3.05, 3.63) is 70.5 Å². The van der Waals surface area contributed by atoms with Crippen LogP contribution in [0.25, 0.3) is 11.3 Å². The summed E-state index contributed by atoms with van der Waals surface area (Å²) < 4.78 is 4.69. The van der Waals surface area contributed by atoms with Gasteiger partial charge in [0.1, 0.15) is 5.01 Å². The van der Waals surface area contributed by atoms with Crippen LogP contribution in [0.1, 0.15) is 15.4 Å². The topological polar surface area (TPSA) is 74.8 Å². The molecule has 2 heterocycles. The van der Waals surface area contributed by atoms with Gasteiger partial charge in [0.2, 0.25) is 5.91 Å². The molecule has 1 aromatic heterocycles. The lowest BCUT2D eigenvalue weighted by Gasteiger charge is -2.33. The van der Waals surface area contributed by atoms with Gasteiger partial charge in [0.05, 0.1) is 31.5 Å². The van der Waals surface area contributed by atoms with Crippen LogP contribution in [0.4, 0.5) is 5.69 Å². The van der Waals surface area contributed by atoms with Crippen LogP contribution < -0.4 is 5.32 Å². The fourth-order valence-electron chi connectivity index (χ4n) is 3.63. The van der Waals surface area contributed by atoms with Crippen molar-refractivity contribution in [3.63, 3.8) is 0 Å². The highest BCUT2D eigenvalue weighted by atomic mass is 32.1. The van der Waals surface area contributed by atoms with Gasteiger partial charge in [-0.3, -0.25) is 14.6 Å². The van der Waals surface area contributed by atoms with Crippen molar-refractivity contribution < 1.29 is 14.3 Å². The predicted molar refractivity (Wildman–Crippen MR) is 126 cm³/mol. The molecule has 7 nitrogen and oxygen atoms in total. The second-order valence-corrected chi connectivity index (χ2v) is 8.60. The summed E-state index contributed by atoms with van der Waals surface area (Å²) >= 11 is 1.70. The summed E-state index contributed by atoms with van der Waals surface area (Å²) in [6.45, 7) is 4.67. The van der Waals surface area contributed by atoms with Gasteiger partial charge in [-0.15, -0.1) is 11.3 Å². The minimum absolute atomic E-state index is 0.0586. The van der Waals surface area contributed by atoms with E-state index in [4.69, 9.17) is 4.98 Å². The van der Waals surface area contributed by atoms with Crippen molar-refractivity contribution in [1.29, 1.82) is 0 Å². The third kappa shape index (κ3) is 5.79. The molecule has 0 atom stereocenters. The number of nitrogens with one attached hydrogen (secondary N) is 1. The van der Waals surface area contributed by atoms with Crippen LogP contribution in [0.2, 0.25) is 0 Å². The second-order valence-electron chi connectivity index (χ2n) is 7.66. The number of hydrogen-bond acceptors (Lipinski definition) is 7. The quantitative estimate of drug-likeness (QED) is 0.557. The molecule has 4 rings (SSSR count). The second kappa shape index (κ2) is 10.5. The minimum atomic E-state index is -0.394. The molecule has 1 amide bonds. The molecule has 1 fully saturated rings. The van der Waals surface area contributed by atoms with Crippen molar-refractivity contribution in [1.82, 2.24) is 14.8 Å². The van der Waals surface area contributed by atoms with E-state index in [0.717, 1.165) is 49.0 Å². The van der Waals surface area contributed by atoms with Gasteiger partial charge in [-0.25, -0.2) is 9.78 Å². The van der Waals surface area contributed by atoms with Gasteiger partial charge in [0.25, 0.3) is 0 Å². The molecule has 0 bridgehead atoms. The summed E-state index contributed by atoms with van der Waals surface area (Å²) in [4.78, 5) is 33.2. The summed E-state index contributed by atoms with van der Waals surface area (Å²) in [7, 11) is 1.34. The van der Waals surface area contributed by atoms with Crippen LogP contribution in [0, 0.1) is 0 Å². The number of aromatic nitrogens is 1. The zero-order valence-electron chi connectivity index (χ0n) is 18.0. The summed E-state index contributed by atoms with van der Waals surface area (Å²) in [5.74, 6) is -0.452. The van der Waals surface area contributed by atoms with Crippen LogP contribution >= 0.6 is 11.3 Å². The molecule has 0 saturated carbocycles. The number of methoxy groups -OCH3 is 1. The number of nitrogens with zero attached hydrogens (tertiary/aromatic N) is 3. The molecular weight excluding hydrogens is 424 g/mol. The number of hydrogen-bond donors (Lipinski definition) is 1. The first-order chi connectivity index (χ1) is 15.6. The minimum Gasteiger partial charge on any atom is -0.465 e. The Morgan fingerprint density at radius 2 is 1.69 bits per heavy atom. The lowest BCUT2D eigenvalue weighted by molar-refractivity contribution is -0.117. The fraction of sp³-hybridized carbons (Fsp3) is 0.292. The lowest BCUT2D eigenvalue weighted by atomic mass is 10.2. The zero-order valence-corrected chi connectivity index (χ0v) is 18.8. The molecule has 166 valence electrons. The third-order valence-corrected chi connectivity index (χ3v) is 6.24. The number of anilines is 1. The van der Waals surface area contributed by atoms with Crippen LogP contribution in [0.3, 0.4) is 0 Å². The number of esters is 1. The Balaban J connectivity index is 1.21. The Kier molecular flexibility index (Phi) is 7.26.